The molecule has 0 radical (unpaired) electrons. The van der Waals surface area contributed by atoms with Crippen LogP contribution in [0, 0.1) is 12.7 Å². The van der Waals surface area contributed by atoms with Gasteiger partial charge in [-0.1, -0.05) is 12.1 Å². The molecule has 7 nitrogen and oxygen atoms in total. The van der Waals surface area contributed by atoms with Crippen LogP contribution < -0.4 is 4.74 Å². The number of likely N-dealkylation sites (tertiary alicyclic amines) is 1. The average Bonchev–Trinajstić information content (AvgIpc) is 3.09. The summed E-state index contributed by atoms with van der Waals surface area (Å²) in [6.45, 7) is 5.96. The van der Waals surface area contributed by atoms with Gasteiger partial charge in [0, 0.05) is 31.7 Å². The number of Topliss-reactive ketones (excluding diaryl/α,β-unsaturated/α-hetero) is 1. The minimum Gasteiger partial charge on any atom is -0.507 e. The summed E-state index contributed by atoms with van der Waals surface area (Å²) in [5.74, 6) is -1.43. The summed E-state index contributed by atoms with van der Waals surface area (Å²) >= 11 is 0. The van der Waals surface area contributed by atoms with Crippen LogP contribution in [-0.2, 0) is 14.3 Å². The molecule has 2 saturated heterocycles. The van der Waals surface area contributed by atoms with Gasteiger partial charge < -0.3 is 19.5 Å². The molecule has 34 heavy (non-hydrogen) atoms. The molecule has 2 heterocycles. The Labute approximate surface area is 198 Å². The van der Waals surface area contributed by atoms with Gasteiger partial charge in [0.15, 0.2) is 0 Å². The second-order valence-corrected chi connectivity index (χ2v) is 8.54. The molecule has 2 aromatic carbocycles. The van der Waals surface area contributed by atoms with E-state index in [-0.39, 0.29) is 11.3 Å². The highest BCUT2D eigenvalue weighted by Crippen LogP contribution is 2.40. The number of amides is 1. The van der Waals surface area contributed by atoms with Crippen LogP contribution in [0.4, 0.5) is 4.39 Å². The summed E-state index contributed by atoms with van der Waals surface area (Å²) in [5.41, 5.74) is 1.77. The van der Waals surface area contributed by atoms with Gasteiger partial charge in [-0.3, -0.25) is 14.5 Å². The lowest BCUT2D eigenvalue weighted by Gasteiger charge is -2.29. The highest BCUT2D eigenvalue weighted by Gasteiger charge is 2.45. The number of aliphatic hydroxyl groups is 1. The highest BCUT2D eigenvalue weighted by molar-refractivity contribution is 6.46. The Kier molecular flexibility index (Phi) is 7.29. The summed E-state index contributed by atoms with van der Waals surface area (Å²) < 4.78 is 24.3. The normalized spacial score (nSPS) is 20.7. The number of carbonyl (C=O) groups is 2. The van der Waals surface area contributed by atoms with Crippen LogP contribution in [-0.4, -0.2) is 73.1 Å². The third-order valence-electron chi connectivity index (χ3n) is 6.37. The zero-order chi connectivity index (χ0) is 24.2. The molecule has 0 unspecified atom stereocenters. The molecule has 0 saturated carbocycles. The minimum atomic E-state index is -0.798. The number of morpholine rings is 1. The Morgan fingerprint density at radius 1 is 1.12 bits per heavy atom. The maximum atomic E-state index is 13.6. The molecule has 4 rings (SSSR count). The van der Waals surface area contributed by atoms with Gasteiger partial charge in [-0.15, -0.1) is 0 Å². The maximum absolute atomic E-state index is 13.6. The molecule has 0 aliphatic carbocycles. The SMILES string of the molecule is COc1ccc(/C(O)=C2\C(=O)C(=O)N(CCCN3CCOCC3)[C@@H]2c2ccc(F)cc2)cc1C. The van der Waals surface area contributed by atoms with Gasteiger partial charge in [0.25, 0.3) is 11.7 Å². The molecule has 0 aromatic heterocycles. The molecule has 2 fully saturated rings. The number of rotatable bonds is 7. The minimum absolute atomic E-state index is 0.00699. The van der Waals surface area contributed by atoms with E-state index < -0.39 is 23.5 Å². The molecule has 2 aromatic rings. The standard InChI is InChI=1S/C26H29FN2O5/c1-17-16-19(6-9-21(17)33-2)24(30)22-23(18-4-7-20(27)8-5-18)29(26(32)25(22)31)11-3-10-28-12-14-34-15-13-28/h4-9,16,23,30H,3,10-15H2,1-2H3/b24-22+/t23-/m1/s1. The Morgan fingerprint density at radius 3 is 2.47 bits per heavy atom. The first-order valence-corrected chi connectivity index (χ1v) is 11.4. The van der Waals surface area contributed by atoms with Crippen LogP contribution >= 0.6 is 0 Å². The fraction of sp³-hybridized carbons (Fsp3) is 0.385. The second kappa shape index (κ2) is 10.4. The van der Waals surface area contributed by atoms with E-state index >= 15 is 0 Å². The number of carbonyl (C=O) groups excluding carboxylic acids is 2. The molecule has 0 bridgehead atoms. The van der Waals surface area contributed by atoms with Crippen molar-refractivity contribution in [1.82, 2.24) is 9.80 Å². The number of hydrogen-bond acceptors (Lipinski definition) is 6. The Morgan fingerprint density at radius 2 is 1.82 bits per heavy atom. The zero-order valence-electron chi connectivity index (χ0n) is 19.4. The zero-order valence-corrected chi connectivity index (χ0v) is 19.4. The number of benzene rings is 2. The number of nitrogens with zero attached hydrogens (tertiary/aromatic N) is 2. The predicted octanol–water partition coefficient (Wildman–Crippen LogP) is 3.29. The van der Waals surface area contributed by atoms with E-state index in [0.29, 0.717) is 43.1 Å². The number of ether oxygens (including phenoxy) is 2. The van der Waals surface area contributed by atoms with Crippen LogP contribution in [0.25, 0.3) is 5.76 Å². The summed E-state index contributed by atoms with van der Waals surface area (Å²) in [6, 6.07) is 9.95. The Hall–Kier alpha value is -3.23. The molecular weight excluding hydrogens is 439 g/mol. The summed E-state index contributed by atoms with van der Waals surface area (Å²) in [7, 11) is 1.55. The molecule has 2 aliphatic heterocycles. The fourth-order valence-electron chi connectivity index (χ4n) is 4.57. The molecule has 2 aliphatic rings. The Balaban J connectivity index is 1.68. The van der Waals surface area contributed by atoms with Crippen molar-refractivity contribution in [2.75, 3.05) is 46.5 Å². The van der Waals surface area contributed by atoms with Crippen molar-refractivity contribution >= 4 is 17.4 Å². The maximum Gasteiger partial charge on any atom is 0.295 e. The van der Waals surface area contributed by atoms with Gasteiger partial charge >= 0.3 is 0 Å². The van der Waals surface area contributed by atoms with Crippen molar-refractivity contribution in [3.05, 3.63) is 70.5 Å². The number of aliphatic hydroxyl groups excluding tert-OH is 1. The summed E-state index contributed by atoms with van der Waals surface area (Å²) in [4.78, 5) is 29.9. The molecule has 1 amide bonds. The van der Waals surface area contributed by atoms with Crippen LogP contribution in [0.3, 0.4) is 0 Å². The topological polar surface area (TPSA) is 79.3 Å². The van der Waals surface area contributed by atoms with E-state index in [1.54, 1.807) is 37.4 Å². The van der Waals surface area contributed by atoms with Crippen LogP contribution in [0.15, 0.2) is 48.0 Å². The van der Waals surface area contributed by atoms with Crippen LogP contribution in [0.5, 0.6) is 5.75 Å². The molecular formula is C26H29FN2O5. The van der Waals surface area contributed by atoms with Crippen molar-refractivity contribution in [3.63, 3.8) is 0 Å². The number of halogens is 1. The highest BCUT2D eigenvalue weighted by atomic mass is 19.1. The molecule has 180 valence electrons. The van der Waals surface area contributed by atoms with E-state index in [1.807, 2.05) is 6.92 Å². The lowest BCUT2D eigenvalue weighted by Crippen LogP contribution is -2.38. The second-order valence-electron chi connectivity index (χ2n) is 8.54. The summed E-state index contributed by atoms with van der Waals surface area (Å²) in [5, 5.41) is 11.2. The van der Waals surface area contributed by atoms with Gasteiger partial charge in [0.1, 0.15) is 17.3 Å². The lowest BCUT2D eigenvalue weighted by atomic mass is 9.94. The van der Waals surface area contributed by atoms with Gasteiger partial charge in [-0.25, -0.2) is 4.39 Å². The van der Waals surface area contributed by atoms with Crippen LogP contribution in [0.2, 0.25) is 0 Å². The number of methoxy groups -OCH3 is 1. The summed E-state index contributed by atoms with van der Waals surface area (Å²) in [6.07, 6.45) is 0.659. The van der Waals surface area contributed by atoms with E-state index in [4.69, 9.17) is 9.47 Å². The van der Waals surface area contributed by atoms with E-state index in [0.717, 1.165) is 25.2 Å². The van der Waals surface area contributed by atoms with E-state index in [1.165, 1.54) is 17.0 Å². The average molecular weight is 469 g/mol. The van der Waals surface area contributed by atoms with Crippen molar-refractivity contribution < 1.29 is 28.6 Å². The molecule has 1 atom stereocenters. The van der Waals surface area contributed by atoms with Crippen molar-refractivity contribution in [1.29, 1.82) is 0 Å². The quantitative estimate of drug-likeness (QED) is 0.382. The van der Waals surface area contributed by atoms with Crippen molar-refractivity contribution in [3.8, 4) is 5.75 Å². The fourth-order valence-corrected chi connectivity index (χ4v) is 4.57. The van der Waals surface area contributed by atoms with Crippen molar-refractivity contribution in [2.45, 2.75) is 19.4 Å². The van der Waals surface area contributed by atoms with Gasteiger partial charge in [0.05, 0.1) is 31.9 Å². The van der Waals surface area contributed by atoms with Gasteiger partial charge in [-0.2, -0.15) is 0 Å². The van der Waals surface area contributed by atoms with E-state index in [2.05, 4.69) is 4.90 Å². The molecule has 0 spiro atoms. The number of hydrogen-bond donors (Lipinski definition) is 1. The first-order valence-electron chi connectivity index (χ1n) is 11.4. The first kappa shape index (κ1) is 23.9. The predicted molar refractivity (Wildman–Crippen MR) is 125 cm³/mol. The molecule has 1 N–H and O–H groups in total. The van der Waals surface area contributed by atoms with Crippen molar-refractivity contribution in [2.24, 2.45) is 0 Å². The van der Waals surface area contributed by atoms with Gasteiger partial charge in [0.2, 0.25) is 0 Å². The molecule has 8 heteroatoms. The smallest absolute Gasteiger partial charge is 0.295 e. The lowest BCUT2D eigenvalue weighted by molar-refractivity contribution is -0.140. The largest absolute Gasteiger partial charge is 0.507 e. The van der Waals surface area contributed by atoms with Crippen LogP contribution in [0.1, 0.15) is 29.2 Å². The monoisotopic (exact) mass is 468 g/mol. The third kappa shape index (κ3) is 4.83. The van der Waals surface area contributed by atoms with E-state index in [9.17, 15) is 19.1 Å². The Bertz CT molecular complexity index is 1090. The third-order valence-corrected chi connectivity index (χ3v) is 6.37. The number of aryl methyl sites for hydroxylation is 1. The first-order chi connectivity index (χ1) is 16.4. The number of ketones is 1. The van der Waals surface area contributed by atoms with Gasteiger partial charge in [-0.05, 0) is 54.8 Å².